The molecule has 0 saturated carbocycles. The highest BCUT2D eigenvalue weighted by molar-refractivity contribution is 7.19. The first kappa shape index (κ1) is 22.0. The van der Waals surface area contributed by atoms with Crippen LogP contribution in [0.2, 0.25) is 0 Å². The highest BCUT2D eigenvalue weighted by Crippen LogP contribution is 2.38. The molecule has 0 unspecified atom stereocenters. The molecule has 0 saturated heterocycles. The summed E-state index contributed by atoms with van der Waals surface area (Å²) in [6.45, 7) is 7.10. The molecule has 0 spiro atoms. The number of benzene rings is 1. The molecule has 0 aliphatic heterocycles. The summed E-state index contributed by atoms with van der Waals surface area (Å²) in [5.74, 6) is -0.672. The zero-order chi connectivity index (χ0) is 21.4. The van der Waals surface area contributed by atoms with Gasteiger partial charge in [-0.15, -0.1) is 10.2 Å². The number of aryl methyl sites for hydroxylation is 1. The van der Waals surface area contributed by atoms with Gasteiger partial charge in [0, 0.05) is 24.8 Å². The Kier molecular flexibility index (Phi) is 7.79. The molecule has 0 amide bonds. The number of rotatable bonds is 9. The summed E-state index contributed by atoms with van der Waals surface area (Å²) in [7, 11) is 0. The van der Waals surface area contributed by atoms with Crippen molar-refractivity contribution in [2.45, 2.75) is 27.2 Å². The Morgan fingerprint density at radius 3 is 2.69 bits per heavy atom. The molecule has 0 bridgehead atoms. The molecule has 0 atom stereocenters. The zero-order valence-electron chi connectivity index (χ0n) is 16.4. The van der Waals surface area contributed by atoms with Crippen molar-refractivity contribution in [3.8, 4) is 6.07 Å². The molecule has 152 valence electrons. The number of anilines is 1. The minimum Gasteiger partial charge on any atom is -0.462 e. The highest BCUT2D eigenvalue weighted by atomic mass is 32.1. The SMILES string of the molecule is CCOC(=O)c1cc([N+](=O)[O-])sc1N=Nc1ccc(N(CC)CCC#N)cc1C. The zero-order valence-corrected chi connectivity index (χ0v) is 17.2. The maximum absolute atomic E-state index is 12.1. The van der Waals surface area contributed by atoms with Crippen LogP contribution in [-0.2, 0) is 4.74 Å². The molecule has 9 nitrogen and oxygen atoms in total. The van der Waals surface area contributed by atoms with Crippen LogP contribution in [0.15, 0.2) is 34.5 Å². The van der Waals surface area contributed by atoms with Crippen LogP contribution in [0.4, 0.5) is 21.4 Å². The van der Waals surface area contributed by atoms with Crippen LogP contribution in [-0.4, -0.2) is 30.6 Å². The van der Waals surface area contributed by atoms with E-state index in [0.29, 0.717) is 18.7 Å². The summed E-state index contributed by atoms with van der Waals surface area (Å²) in [5.41, 5.74) is 2.43. The number of nitro groups is 1. The number of ether oxygens (including phenoxy) is 1. The van der Waals surface area contributed by atoms with Gasteiger partial charge in [0.25, 0.3) is 0 Å². The monoisotopic (exact) mass is 415 g/mol. The summed E-state index contributed by atoms with van der Waals surface area (Å²) in [4.78, 5) is 24.6. The van der Waals surface area contributed by atoms with Gasteiger partial charge >= 0.3 is 11.0 Å². The molecule has 1 aromatic heterocycles. The van der Waals surface area contributed by atoms with Crippen LogP contribution in [0.5, 0.6) is 0 Å². The van der Waals surface area contributed by atoms with Gasteiger partial charge in [0.2, 0.25) is 0 Å². The number of azo groups is 1. The molecule has 10 heteroatoms. The van der Waals surface area contributed by atoms with E-state index in [-0.39, 0.29) is 22.2 Å². The number of nitrogens with zero attached hydrogens (tertiary/aromatic N) is 5. The third-order valence-electron chi connectivity index (χ3n) is 4.04. The van der Waals surface area contributed by atoms with Crippen LogP contribution >= 0.6 is 11.3 Å². The van der Waals surface area contributed by atoms with Crippen molar-refractivity contribution in [2.24, 2.45) is 10.2 Å². The van der Waals surface area contributed by atoms with Gasteiger partial charge in [0.1, 0.15) is 5.56 Å². The van der Waals surface area contributed by atoms with Crippen LogP contribution in [0.25, 0.3) is 0 Å². The van der Waals surface area contributed by atoms with Crippen molar-refractivity contribution in [1.29, 1.82) is 5.26 Å². The number of carbonyl (C=O) groups excluding carboxylic acids is 1. The molecule has 0 aliphatic rings. The van der Waals surface area contributed by atoms with Gasteiger partial charge in [-0.05, 0) is 55.9 Å². The van der Waals surface area contributed by atoms with E-state index in [4.69, 9.17) is 10.00 Å². The number of thiophene rings is 1. The van der Waals surface area contributed by atoms with Crippen molar-refractivity contribution >= 4 is 38.7 Å². The lowest BCUT2D eigenvalue weighted by Crippen LogP contribution is -2.23. The lowest BCUT2D eigenvalue weighted by atomic mass is 10.1. The van der Waals surface area contributed by atoms with E-state index in [2.05, 4.69) is 21.2 Å². The minimum absolute atomic E-state index is 0.0234. The Hall–Kier alpha value is -3.32. The molecule has 0 N–H and O–H groups in total. The van der Waals surface area contributed by atoms with Gasteiger partial charge in [-0.3, -0.25) is 10.1 Å². The molecule has 2 aromatic rings. The summed E-state index contributed by atoms with van der Waals surface area (Å²) < 4.78 is 4.94. The van der Waals surface area contributed by atoms with Gasteiger partial charge in [0.05, 0.1) is 29.7 Å². The van der Waals surface area contributed by atoms with Crippen LogP contribution < -0.4 is 4.90 Å². The van der Waals surface area contributed by atoms with Crippen molar-refractivity contribution in [3.63, 3.8) is 0 Å². The van der Waals surface area contributed by atoms with Crippen molar-refractivity contribution in [3.05, 3.63) is 45.5 Å². The molecule has 0 fully saturated rings. The third kappa shape index (κ3) is 5.58. The molecule has 0 aliphatic carbocycles. The van der Waals surface area contributed by atoms with Crippen molar-refractivity contribution in [2.75, 3.05) is 24.6 Å². The third-order valence-corrected chi connectivity index (χ3v) is 5.02. The maximum Gasteiger partial charge on any atom is 0.341 e. The van der Waals surface area contributed by atoms with Gasteiger partial charge in [-0.1, -0.05) is 0 Å². The first-order valence-electron chi connectivity index (χ1n) is 9.00. The van der Waals surface area contributed by atoms with Gasteiger partial charge < -0.3 is 9.64 Å². The molecule has 0 radical (unpaired) electrons. The largest absolute Gasteiger partial charge is 0.462 e. The van der Waals surface area contributed by atoms with Crippen LogP contribution in [0.1, 0.15) is 36.2 Å². The second-order valence-electron chi connectivity index (χ2n) is 5.94. The summed E-state index contributed by atoms with van der Waals surface area (Å²) >= 11 is 0.768. The topological polar surface area (TPSA) is 121 Å². The predicted molar refractivity (Wildman–Crippen MR) is 110 cm³/mol. The lowest BCUT2D eigenvalue weighted by molar-refractivity contribution is -0.380. The fourth-order valence-corrected chi connectivity index (χ4v) is 3.37. The average molecular weight is 415 g/mol. The molecular formula is C19H21N5O4S. The number of hydrogen-bond acceptors (Lipinski definition) is 9. The normalized spacial score (nSPS) is 10.7. The van der Waals surface area contributed by atoms with Gasteiger partial charge in [-0.25, -0.2) is 4.79 Å². The molecular weight excluding hydrogens is 394 g/mol. The molecule has 2 rings (SSSR count). The standard InChI is InChI=1S/C19H21N5O4S/c1-4-23(10-6-9-20)14-7-8-16(13(3)11-14)21-22-18-15(19(25)28-5-2)12-17(29-18)24(26)27/h7-8,11-12H,4-6,10H2,1-3H3. The number of hydrogen-bond donors (Lipinski definition) is 0. The first-order chi connectivity index (χ1) is 13.9. The Balaban J connectivity index is 2.31. The Bertz CT molecular complexity index is 964. The summed E-state index contributed by atoms with van der Waals surface area (Å²) in [5, 5.41) is 28.0. The first-order valence-corrected chi connectivity index (χ1v) is 9.82. The predicted octanol–water partition coefficient (Wildman–Crippen LogP) is 5.30. The van der Waals surface area contributed by atoms with E-state index in [1.54, 1.807) is 13.0 Å². The Morgan fingerprint density at radius 2 is 2.10 bits per heavy atom. The van der Waals surface area contributed by atoms with E-state index in [1.807, 2.05) is 26.0 Å². The summed E-state index contributed by atoms with van der Waals surface area (Å²) in [6.07, 6.45) is 0.433. The molecule has 1 aromatic carbocycles. The van der Waals surface area contributed by atoms with E-state index >= 15 is 0 Å². The number of carbonyl (C=O) groups is 1. The molecule has 1 heterocycles. The van der Waals surface area contributed by atoms with Crippen molar-refractivity contribution < 1.29 is 14.5 Å². The quantitative estimate of drug-likeness (QED) is 0.237. The van der Waals surface area contributed by atoms with E-state index in [0.717, 1.165) is 35.2 Å². The Morgan fingerprint density at radius 1 is 1.34 bits per heavy atom. The summed E-state index contributed by atoms with van der Waals surface area (Å²) in [6, 6.07) is 8.90. The van der Waals surface area contributed by atoms with Gasteiger partial charge in [0.15, 0.2) is 5.00 Å². The minimum atomic E-state index is -0.672. The smallest absolute Gasteiger partial charge is 0.341 e. The Labute approximate surface area is 172 Å². The van der Waals surface area contributed by atoms with Crippen LogP contribution in [0.3, 0.4) is 0 Å². The maximum atomic E-state index is 12.1. The molecule has 29 heavy (non-hydrogen) atoms. The second kappa shape index (κ2) is 10.3. The number of nitriles is 1. The average Bonchev–Trinajstić information content (AvgIpc) is 3.13. The van der Waals surface area contributed by atoms with E-state index in [9.17, 15) is 14.9 Å². The van der Waals surface area contributed by atoms with Crippen molar-refractivity contribution in [1.82, 2.24) is 0 Å². The van der Waals surface area contributed by atoms with E-state index < -0.39 is 10.9 Å². The second-order valence-corrected chi connectivity index (χ2v) is 6.95. The van der Waals surface area contributed by atoms with Crippen LogP contribution in [0, 0.1) is 28.4 Å². The van der Waals surface area contributed by atoms with Gasteiger partial charge in [-0.2, -0.15) is 5.26 Å². The highest BCUT2D eigenvalue weighted by Gasteiger charge is 2.23. The number of esters is 1. The van der Waals surface area contributed by atoms with E-state index in [1.165, 1.54) is 0 Å². The lowest BCUT2D eigenvalue weighted by Gasteiger charge is -2.22. The fourth-order valence-electron chi connectivity index (χ4n) is 2.59. The fraction of sp³-hybridized carbons (Fsp3) is 0.368.